The quantitative estimate of drug-likeness (QED) is 0.455. The second-order valence-corrected chi connectivity index (χ2v) is 28.2. The maximum absolute atomic E-state index is 6.71. The lowest BCUT2D eigenvalue weighted by Crippen LogP contribution is -2.42. The molecule has 7 heteroatoms. The average Bonchev–Trinajstić information content (AvgIpc) is 2.32. The molecule has 0 saturated carbocycles. The fraction of sp³-hybridized carbons (Fsp3) is 1.00. The second kappa shape index (κ2) is 6.02. The minimum Gasteiger partial charge on any atom is -0.405 e. The van der Waals surface area contributed by atoms with E-state index in [9.17, 15) is 0 Å². The van der Waals surface area contributed by atoms with Gasteiger partial charge in [0.25, 0.3) is 0 Å². The Bertz CT molecular complexity index is 435. The molecule has 1 aliphatic rings. The molecule has 1 saturated heterocycles. The van der Waals surface area contributed by atoms with E-state index >= 15 is 0 Å². The van der Waals surface area contributed by atoms with Gasteiger partial charge < -0.3 is 13.4 Å². The molecule has 0 amide bonds. The Labute approximate surface area is 135 Å². The molecule has 0 aromatic rings. The Balaban J connectivity index is 3.38. The molecule has 1 heterocycles. The summed E-state index contributed by atoms with van der Waals surface area (Å²) >= 11 is 0. The van der Waals surface area contributed by atoms with Gasteiger partial charge in [-0.1, -0.05) is 19.6 Å². The molecule has 1 aliphatic heterocycles. The van der Waals surface area contributed by atoms with Crippen molar-refractivity contribution in [3.05, 3.63) is 0 Å². The first kappa shape index (κ1) is 19.8. The van der Waals surface area contributed by atoms with E-state index in [1.165, 1.54) is 5.79 Å². The van der Waals surface area contributed by atoms with Crippen LogP contribution in [0.3, 0.4) is 0 Å². The van der Waals surface area contributed by atoms with Crippen LogP contribution < -0.4 is 0 Å². The lowest BCUT2D eigenvalue weighted by Gasteiger charge is -2.43. The Kier molecular flexibility index (Phi) is 5.69. The van der Waals surface area contributed by atoms with Crippen molar-refractivity contribution in [3.63, 3.8) is 0 Å². The first-order chi connectivity index (χ1) is 9.08. The van der Waals surface area contributed by atoms with E-state index in [0.717, 1.165) is 13.0 Å². The summed E-state index contributed by atoms with van der Waals surface area (Å²) in [7, 11) is -6.28. The van der Waals surface area contributed by atoms with Crippen molar-refractivity contribution in [2.24, 2.45) is 4.41 Å². The van der Waals surface area contributed by atoms with Crippen molar-refractivity contribution < 1.29 is 8.95 Å². The molecular weight excluding hydrogens is 329 g/mol. The average molecular weight is 366 g/mol. The van der Waals surface area contributed by atoms with Crippen LogP contribution in [0.25, 0.3) is 0 Å². The lowest BCUT2D eigenvalue weighted by atomic mass is 10.3. The molecule has 0 radical (unpaired) electrons. The fourth-order valence-electron chi connectivity index (χ4n) is 2.99. The Hall–Kier alpha value is 0.801. The zero-order chi connectivity index (χ0) is 16.7. The van der Waals surface area contributed by atoms with E-state index in [2.05, 4.69) is 65.8 Å². The molecule has 3 nitrogen and oxygen atoms in total. The number of hydrogen-bond donors (Lipinski definition) is 0. The molecule has 0 bridgehead atoms. The van der Waals surface area contributed by atoms with Gasteiger partial charge in [0.05, 0.1) is 14.7 Å². The summed E-state index contributed by atoms with van der Waals surface area (Å²) in [6, 6.07) is 0. The van der Waals surface area contributed by atoms with E-state index in [1.54, 1.807) is 0 Å². The van der Waals surface area contributed by atoms with Gasteiger partial charge >= 0.3 is 0 Å². The summed E-state index contributed by atoms with van der Waals surface area (Å²) < 4.78 is 18.6. The highest BCUT2D eigenvalue weighted by Crippen LogP contribution is 2.69. The number of hydrogen-bond acceptors (Lipinski definition) is 3. The molecule has 2 unspecified atom stereocenters. The van der Waals surface area contributed by atoms with E-state index < -0.39 is 31.9 Å². The van der Waals surface area contributed by atoms with Crippen molar-refractivity contribution in [2.45, 2.75) is 77.6 Å². The fourth-order valence-corrected chi connectivity index (χ4v) is 19.6. The standard InChI is InChI=1S/C14H36NO2PSi3/c1-14(17-21(8,9)10)11-12-16-18(14,13-19(2,3)4)15-20(5,6)7/h11-13H2,1-10H3. The Morgan fingerprint density at radius 3 is 1.95 bits per heavy atom. The Morgan fingerprint density at radius 1 is 1.05 bits per heavy atom. The first-order valence-corrected chi connectivity index (χ1v) is 20.5. The first-order valence-electron chi connectivity index (χ1n) is 8.05. The summed E-state index contributed by atoms with van der Waals surface area (Å²) in [6.07, 6.45) is 1.02. The summed E-state index contributed by atoms with van der Waals surface area (Å²) in [5.74, 6) is 1.17. The molecule has 0 aromatic heterocycles. The number of rotatable bonds is 5. The van der Waals surface area contributed by atoms with Crippen LogP contribution in [0, 0.1) is 0 Å². The zero-order valence-corrected chi connectivity index (χ0v) is 19.7. The smallest absolute Gasteiger partial charge is 0.185 e. The van der Waals surface area contributed by atoms with Crippen molar-refractivity contribution in [1.29, 1.82) is 0 Å². The topological polar surface area (TPSA) is 30.8 Å². The van der Waals surface area contributed by atoms with Gasteiger partial charge in [0, 0.05) is 12.2 Å². The maximum Gasteiger partial charge on any atom is 0.185 e. The van der Waals surface area contributed by atoms with Crippen molar-refractivity contribution >= 4 is 31.9 Å². The van der Waals surface area contributed by atoms with Gasteiger partial charge in [0.15, 0.2) is 16.6 Å². The molecule has 0 aliphatic carbocycles. The van der Waals surface area contributed by atoms with E-state index in [-0.39, 0.29) is 5.34 Å². The molecule has 1 fully saturated rings. The zero-order valence-electron chi connectivity index (χ0n) is 15.8. The van der Waals surface area contributed by atoms with Gasteiger partial charge in [-0.25, -0.2) is 0 Å². The van der Waals surface area contributed by atoms with Crippen LogP contribution >= 0.6 is 7.28 Å². The lowest BCUT2D eigenvalue weighted by molar-refractivity contribution is 0.170. The van der Waals surface area contributed by atoms with Gasteiger partial charge in [-0.3, -0.25) is 0 Å². The largest absolute Gasteiger partial charge is 0.405 e. The van der Waals surface area contributed by atoms with Crippen LogP contribution in [0.15, 0.2) is 4.41 Å². The summed E-state index contributed by atoms with van der Waals surface area (Å²) in [5, 5.41) is -0.141. The molecule has 21 heavy (non-hydrogen) atoms. The third-order valence-corrected chi connectivity index (χ3v) is 16.1. The van der Waals surface area contributed by atoms with Gasteiger partial charge in [-0.2, -0.15) is 0 Å². The highest BCUT2D eigenvalue weighted by Gasteiger charge is 2.52. The summed E-state index contributed by atoms with van der Waals surface area (Å²) in [5.41, 5.74) is 0. The predicted octanol–water partition coefficient (Wildman–Crippen LogP) is 5.80. The molecule has 126 valence electrons. The van der Waals surface area contributed by atoms with Gasteiger partial charge in [0.2, 0.25) is 0 Å². The molecule has 0 spiro atoms. The van der Waals surface area contributed by atoms with Crippen LogP contribution in [0.5, 0.6) is 0 Å². The minimum atomic E-state index is -1.85. The monoisotopic (exact) mass is 365 g/mol. The summed E-state index contributed by atoms with van der Waals surface area (Å²) in [4.78, 5) is 0. The number of nitrogens with zero attached hydrogens (tertiary/aromatic N) is 1. The van der Waals surface area contributed by atoms with Crippen molar-refractivity contribution in [2.75, 3.05) is 12.4 Å². The van der Waals surface area contributed by atoms with Crippen LogP contribution in [0.4, 0.5) is 0 Å². The molecule has 1 rings (SSSR count). The summed E-state index contributed by atoms with van der Waals surface area (Å²) in [6.45, 7) is 24.3. The molecule has 0 N–H and O–H groups in total. The van der Waals surface area contributed by atoms with Crippen LogP contribution in [0.1, 0.15) is 13.3 Å². The van der Waals surface area contributed by atoms with Gasteiger partial charge in [-0.05, 0) is 46.2 Å². The van der Waals surface area contributed by atoms with Crippen LogP contribution in [0.2, 0.25) is 58.9 Å². The minimum absolute atomic E-state index is 0.141. The van der Waals surface area contributed by atoms with Gasteiger partial charge in [-0.15, -0.1) is 0 Å². The normalized spacial score (nSPS) is 31.5. The van der Waals surface area contributed by atoms with Crippen molar-refractivity contribution in [1.82, 2.24) is 0 Å². The van der Waals surface area contributed by atoms with Crippen LogP contribution in [-0.2, 0) is 8.95 Å². The third-order valence-electron chi connectivity index (χ3n) is 3.29. The molecular formula is C14H36NO2PSi3. The maximum atomic E-state index is 6.71. The highest BCUT2D eigenvalue weighted by atomic mass is 31.2. The molecule has 0 aromatic carbocycles. The Morgan fingerprint density at radius 2 is 1.57 bits per heavy atom. The highest BCUT2D eigenvalue weighted by molar-refractivity contribution is 7.67. The predicted molar refractivity (Wildman–Crippen MR) is 104 cm³/mol. The van der Waals surface area contributed by atoms with E-state index in [0.29, 0.717) is 0 Å². The SMILES string of the molecule is CC1(O[Si](C)(C)C)CCOP1(C[Si](C)(C)C)=N[Si](C)(C)C. The van der Waals surface area contributed by atoms with Gasteiger partial charge in [0.1, 0.15) is 12.6 Å². The third kappa shape index (κ3) is 5.74. The van der Waals surface area contributed by atoms with E-state index in [4.69, 9.17) is 13.4 Å². The van der Waals surface area contributed by atoms with Crippen molar-refractivity contribution in [3.8, 4) is 0 Å². The van der Waals surface area contributed by atoms with E-state index in [1.807, 2.05) is 0 Å². The molecule has 2 atom stereocenters. The second-order valence-electron chi connectivity index (χ2n) is 9.66. The van der Waals surface area contributed by atoms with Crippen LogP contribution in [-0.4, -0.2) is 42.4 Å².